The third-order valence-corrected chi connectivity index (χ3v) is 7.66. The summed E-state index contributed by atoms with van der Waals surface area (Å²) < 4.78 is 9.77. The first-order chi connectivity index (χ1) is 18.2. The number of imidazole rings is 2. The molecule has 37 heavy (non-hydrogen) atoms. The second-order valence-corrected chi connectivity index (χ2v) is 9.86. The lowest BCUT2D eigenvalue weighted by molar-refractivity contribution is 0.122. The van der Waals surface area contributed by atoms with Crippen LogP contribution in [0.3, 0.4) is 0 Å². The van der Waals surface area contributed by atoms with Gasteiger partial charge in [0.25, 0.3) is 0 Å². The number of fused-ring (bicyclic) bond motifs is 3. The Morgan fingerprint density at radius 3 is 2.68 bits per heavy atom. The van der Waals surface area contributed by atoms with Gasteiger partial charge in [0, 0.05) is 26.2 Å². The van der Waals surface area contributed by atoms with Crippen LogP contribution in [0.15, 0.2) is 48.5 Å². The lowest BCUT2D eigenvalue weighted by atomic mass is 10.1. The van der Waals surface area contributed by atoms with Gasteiger partial charge in [0.15, 0.2) is 17.0 Å². The van der Waals surface area contributed by atoms with Crippen LogP contribution in [0, 0.1) is 6.92 Å². The number of ether oxygens (including phenoxy) is 1. The number of morpholine rings is 1. The first kappa shape index (κ1) is 22.4. The van der Waals surface area contributed by atoms with E-state index in [4.69, 9.17) is 24.7 Å². The van der Waals surface area contributed by atoms with Crippen molar-refractivity contribution in [3.8, 4) is 5.95 Å². The Balaban J connectivity index is 1.31. The molecular formula is C28H30N8O. The van der Waals surface area contributed by atoms with Gasteiger partial charge in [-0.05, 0) is 43.0 Å². The minimum Gasteiger partial charge on any atom is -0.378 e. The van der Waals surface area contributed by atoms with Gasteiger partial charge in [0.05, 0.1) is 30.8 Å². The van der Waals surface area contributed by atoms with Crippen LogP contribution >= 0.6 is 0 Å². The Morgan fingerprint density at radius 2 is 1.78 bits per heavy atom. The van der Waals surface area contributed by atoms with Crippen molar-refractivity contribution >= 4 is 28.0 Å². The molecule has 1 saturated heterocycles. The summed E-state index contributed by atoms with van der Waals surface area (Å²) in [6.45, 7) is 5.57. The van der Waals surface area contributed by atoms with Crippen LogP contribution in [0.1, 0.15) is 35.2 Å². The summed E-state index contributed by atoms with van der Waals surface area (Å²) in [7, 11) is 2.05. The van der Waals surface area contributed by atoms with Gasteiger partial charge in [-0.2, -0.15) is 9.97 Å². The maximum absolute atomic E-state index is 5.63. The average Bonchev–Trinajstić information content (AvgIpc) is 3.60. The van der Waals surface area contributed by atoms with E-state index in [0.717, 1.165) is 65.6 Å². The van der Waals surface area contributed by atoms with E-state index in [2.05, 4.69) is 45.1 Å². The molecule has 1 aliphatic heterocycles. The van der Waals surface area contributed by atoms with Crippen LogP contribution in [-0.4, -0.2) is 55.4 Å². The number of hydrogen-bond donors (Lipinski definition) is 1. The molecule has 1 atom stereocenters. The summed E-state index contributed by atoms with van der Waals surface area (Å²) in [4.78, 5) is 22.2. The molecule has 3 aromatic heterocycles. The van der Waals surface area contributed by atoms with Gasteiger partial charge in [-0.1, -0.05) is 36.4 Å². The molecular weight excluding hydrogens is 464 g/mol. The van der Waals surface area contributed by atoms with Crippen molar-refractivity contribution in [2.45, 2.75) is 32.4 Å². The first-order valence-electron chi connectivity index (χ1n) is 13.0. The van der Waals surface area contributed by atoms with Gasteiger partial charge in [0.1, 0.15) is 11.6 Å². The van der Waals surface area contributed by atoms with Crippen LogP contribution in [-0.2, 0) is 24.8 Å². The van der Waals surface area contributed by atoms with Gasteiger partial charge >= 0.3 is 0 Å². The van der Waals surface area contributed by atoms with Crippen LogP contribution in [0.5, 0.6) is 0 Å². The van der Waals surface area contributed by atoms with Gasteiger partial charge in [-0.15, -0.1) is 0 Å². The van der Waals surface area contributed by atoms with Crippen LogP contribution < -0.4 is 10.2 Å². The molecule has 2 aromatic carbocycles. The number of rotatable bonds is 5. The lowest BCUT2D eigenvalue weighted by Crippen LogP contribution is -2.37. The van der Waals surface area contributed by atoms with Crippen molar-refractivity contribution < 1.29 is 4.74 Å². The molecule has 1 unspecified atom stereocenters. The molecule has 4 heterocycles. The quantitative estimate of drug-likeness (QED) is 0.399. The molecule has 188 valence electrons. The summed E-state index contributed by atoms with van der Waals surface area (Å²) >= 11 is 0. The SMILES string of the molecule is Cc1nc2ccccc2n1-c1nc(N2CCOCC2)c2nc(CNC3CCc4ccccc43)n(C)c2n1. The van der Waals surface area contributed by atoms with E-state index < -0.39 is 0 Å². The maximum Gasteiger partial charge on any atom is 0.239 e. The van der Waals surface area contributed by atoms with Crippen molar-refractivity contribution in [3.63, 3.8) is 0 Å². The van der Waals surface area contributed by atoms with E-state index in [1.54, 1.807) is 0 Å². The number of nitrogens with zero attached hydrogens (tertiary/aromatic N) is 7. The molecule has 9 nitrogen and oxygen atoms in total. The van der Waals surface area contributed by atoms with Crippen molar-refractivity contribution in [2.75, 3.05) is 31.2 Å². The number of para-hydroxylation sites is 2. The normalized spacial score (nSPS) is 17.7. The van der Waals surface area contributed by atoms with E-state index in [1.165, 1.54) is 11.1 Å². The molecule has 1 aliphatic carbocycles. The maximum atomic E-state index is 5.63. The second kappa shape index (κ2) is 8.93. The van der Waals surface area contributed by atoms with E-state index >= 15 is 0 Å². The van der Waals surface area contributed by atoms with E-state index in [0.29, 0.717) is 31.7 Å². The number of aryl methyl sites for hydroxylation is 3. The summed E-state index contributed by atoms with van der Waals surface area (Å²) in [5.74, 6) is 3.28. The number of aromatic nitrogens is 6. The fourth-order valence-corrected chi connectivity index (χ4v) is 5.72. The lowest BCUT2D eigenvalue weighted by Gasteiger charge is -2.28. The molecule has 0 spiro atoms. The Hall–Kier alpha value is -3.82. The monoisotopic (exact) mass is 494 g/mol. The molecule has 7 rings (SSSR count). The standard InChI is InChI=1S/C28H30N8O/c1-18-30-22-9-5-6-10-23(22)36(18)28-32-26-25(27(33-28)35-13-15-37-16-14-35)31-24(34(26)2)17-29-21-12-11-19-7-3-4-8-20(19)21/h3-10,21,29H,11-17H2,1-2H3. The highest BCUT2D eigenvalue weighted by atomic mass is 16.5. The molecule has 2 aliphatic rings. The van der Waals surface area contributed by atoms with E-state index in [-0.39, 0.29) is 0 Å². The minimum atomic E-state index is 0.344. The third kappa shape index (κ3) is 3.77. The highest BCUT2D eigenvalue weighted by Crippen LogP contribution is 2.32. The second-order valence-electron chi connectivity index (χ2n) is 9.86. The largest absolute Gasteiger partial charge is 0.378 e. The number of anilines is 1. The molecule has 9 heteroatoms. The fourth-order valence-electron chi connectivity index (χ4n) is 5.72. The van der Waals surface area contributed by atoms with Gasteiger partial charge < -0.3 is 19.5 Å². The summed E-state index contributed by atoms with van der Waals surface area (Å²) in [5, 5.41) is 3.75. The van der Waals surface area contributed by atoms with Crippen molar-refractivity contribution in [3.05, 3.63) is 71.3 Å². The zero-order chi connectivity index (χ0) is 24.9. The van der Waals surface area contributed by atoms with Crippen LogP contribution in [0.4, 0.5) is 5.82 Å². The molecule has 1 N–H and O–H groups in total. The molecule has 0 bridgehead atoms. The van der Waals surface area contributed by atoms with Crippen molar-refractivity contribution in [1.29, 1.82) is 0 Å². The Kier molecular flexibility index (Phi) is 5.40. The number of benzene rings is 2. The van der Waals surface area contributed by atoms with Gasteiger partial charge in [0.2, 0.25) is 5.95 Å². The molecule has 0 radical (unpaired) electrons. The topological polar surface area (TPSA) is 85.9 Å². The highest BCUT2D eigenvalue weighted by Gasteiger charge is 2.25. The number of hydrogen-bond acceptors (Lipinski definition) is 7. The summed E-state index contributed by atoms with van der Waals surface area (Å²) in [6.07, 6.45) is 2.23. The summed E-state index contributed by atoms with van der Waals surface area (Å²) in [6, 6.07) is 17.2. The Bertz CT molecular complexity index is 1610. The van der Waals surface area contributed by atoms with Crippen molar-refractivity contribution in [2.24, 2.45) is 7.05 Å². The van der Waals surface area contributed by atoms with E-state index in [1.807, 2.05) is 36.7 Å². The Labute approximate surface area is 215 Å². The van der Waals surface area contributed by atoms with E-state index in [9.17, 15) is 0 Å². The fraction of sp³-hybridized carbons (Fsp3) is 0.357. The predicted molar refractivity (Wildman–Crippen MR) is 143 cm³/mol. The first-order valence-corrected chi connectivity index (χ1v) is 13.0. The Morgan fingerprint density at radius 1 is 0.973 bits per heavy atom. The molecule has 1 fully saturated rings. The third-order valence-electron chi connectivity index (χ3n) is 7.66. The minimum absolute atomic E-state index is 0.344. The van der Waals surface area contributed by atoms with Crippen LogP contribution in [0.25, 0.3) is 28.1 Å². The number of nitrogens with one attached hydrogen (secondary N) is 1. The van der Waals surface area contributed by atoms with Crippen LogP contribution in [0.2, 0.25) is 0 Å². The zero-order valence-corrected chi connectivity index (χ0v) is 21.2. The van der Waals surface area contributed by atoms with Gasteiger partial charge in [-0.3, -0.25) is 4.57 Å². The zero-order valence-electron chi connectivity index (χ0n) is 21.2. The molecule has 0 saturated carbocycles. The smallest absolute Gasteiger partial charge is 0.239 e. The average molecular weight is 495 g/mol. The molecule has 5 aromatic rings. The highest BCUT2D eigenvalue weighted by molar-refractivity contribution is 5.86. The van der Waals surface area contributed by atoms with Crippen molar-refractivity contribution in [1.82, 2.24) is 34.4 Å². The summed E-state index contributed by atoms with van der Waals surface area (Å²) in [5.41, 5.74) is 6.43. The predicted octanol–water partition coefficient (Wildman–Crippen LogP) is 3.62. The molecule has 0 amide bonds. The van der Waals surface area contributed by atoms with Gasteiger partial charge in [-0.25, -0.2) is 9.97 Å².